The number of likely N-dealkylation sites (tertiary alicyclic amines) is 1. The summed E-state index contributed by atoms with van der Waals surface area (Å²) < 4.78 is 5.27. The molecular weight excluding hydrogens is 439 g/mol. The van der Waals surface area contributed by atoms with Crippen LogP contribution in [0.25, 0.3) is 0 Å². The molecule has 1 heterocycles. The van der Waals surface area contributed by atoms with Crippen molar-refractivity contribution < 1.29 is 4.74 Å². The Morgan fingerprint density at radius 1 is 1.15 bits per heavy atom. The van der Waals surface area contributed by atoms with Crippen molar-refractivity contribution in [2.24, 2.45) is 4.99 Å². The molecule has 1 aliphatic heterocycles. The summed E-state index contributed by atoms with van der Waals surface area (Å²) in [4.78, 5) is 7.29. The van der Waals surface area contributed by atoms with E-state index in [1.54, 1.807) is 7.11 Å². The molecule has 0 bridgehead atoms. The summed E-state index contributed by atoms with van der Waals surface area (Å²) in [6.45, 7) is 8.30. The molecule has 0 aromatic heterocycles. The summed E-state index contributed by atoms with van der Waals surface area (Å²) in [6.07, 6.45) is 6.67. The minimum absolute atomic E-state index is 0. The average molecular weight is 474 g/mol. The van der Waals surface area contributed by atoms with Gasteiger partial charge in [-0.1, -0.05) is 25.0 Å². The molecular formula is C20H35IN4O. The van der Waals surface area contributed by atoms with E-state index in [0.29, 0.717) is 6.54 Å². The van der Waals surface area contributed by atoms with E-state index in [9.17, 15) is 0 Å². The maximum absolute atomic E-state index is 5.27. The number of guanidine groups is 1. The zero-order valence-electron chi connectivity index (χ0n) is 16.3. The highest BCUT2D eigenvalue weighted by atomic mass is 127. The van der Waals surface area contributed by atoms with Gasteiger partial charge in [0.1, 0.15) is 5.75 Å². The third kappa shape index (κ3) is 9.07. The predicted octanol–water partition coefficient (Wildman–Crippen LogP) is 3.63. The maximum atomic E-state index is 5.27. The summed E-state index contributed by atoms with van der Waals surface area (Å²) in [5.74, 6) is 1.77. The third-order valence-electron chi connectivity index (χ3n) is 4.54. The highest BCUT2D eigenvalue weighted by molar-refractivity contribution is 14.0. The molecule has 1 fully saturated rings. The Bertz CT molecular complexity index is 516. The number of ether oxygens (including phenoxy) is 1. The van der Waals surface area contributed by atoms with Crippen molar-refractivity contribution in [3.05, 3.63) is 29.8 Å². The van der Waals surface area contributed by atoms with E-state index in [-0.39, 0.29) is 24.0 Å². The molecule has 0 aliphatic carbocycles. The van der Waals surface area contributed by atoms with Crippen LogP contribution >= 0.6 is 24.0 Å². The molecule has 6 heteroatoms. The van der Waals surface area contributed by atoms with Crippen LogP contribution in [-0.4, -0.2) is 50.7 Å². The van der Waals surface area contributed by atoms with Gasteiger partial charge in [0, 0.05) is 13.1 Å². The maximum Gasteiger partial charge on any atom is 0.191 e. The van der Waals surface area contributed by atoms with Crippen molar-refractivity contribution in [3.8, 4) is 5.75 Å². The predicted molar refractivity (Wildman–Crippen MR) is 121 cm³/mol. The van der Waals surface area contributed by atoms with Gasteiger partial charge in [-0.25, -0.2) is 4.99 Å². The molecule has 2 N–H and O–H groups in total. The van der Waals surface area contributed by atoms with E-state index in [1.165, 1.54) is 45.3 Å². The van der Waals surface area contributed by atoms with Crippen LogP contribution in [0.1, 0.15) is 44.6 Å². The van der Waals surface area contributed by atoms with Gasteiger partial charge in [-0.2, -0.15) is 0 Å². The molecule has 26 heavy (non-hydrogen) atoms. The van der Waals surface area contributed by atoms with Crippen LogP contribution in [0, 0.1) is 0 Å². The highest BCUT2D eigenvalue weighted by Gasteiger charge is 2.08. The van der Waals surface area contributed by atoms with E-state index >= 15 is 0 Å². The Hall–Kier alpha value is -1.02. The summed E-state index contributed by atoms with van der Waals surface area (Å²) >= 11 is 0. The summed E-state index contributed by atoms with van der Waals surface area (Å²) in [6, 6.07) is 8.08. The average Bonchev–Trinajstić information content (AvgIpc) is 2.92. The summed E-state index contributed by atoms with van der Waals surface area (Å²) in [5.41, 5.74) is 1.15. The van der Waals surface area contributed by atoms with Gasteiger partial charge in [0.2, 0.25) is 0 Å². The molecule has 0 saturated carbocycles. The first-order valence-corrected chi connectivity index (χ1v) is 9.69. The topological polar surface area (TPSA) is 48.9 Å². The molecule has 2 rings (SSSR count). The van der Waals surface area contributed by atoms with Gasteiger partial charge in [0.15, 0.2) is 5.96 Å². The Morgan fingerprint density at radius 2 is 1.92 bits per heavy atom. The highest BCUT2D eigenvalue weighted by Crippen LogP contribution is 2.13. The van der Waals surface area contributed by atoms with Crippen molar-refractivity contribution in [3.63, 3.8) is 0 Å². The third-order valence-corrected chi connectivity index (χ3v) is 4.54. The molecule has 0 unspecified atom stereocenters. The minimum Gasteiger partial charge on any atom is -0.497 e. The van der Waals surface area contributed by atoms with E-state index in [2.05, 4.69) is 33.5 Å². The van der Waals surface area contributed by atoms with Crippen molar-refractivity contribution in [2.45, 2.75) is 45.6 Å². The van der Waals surface area contributed by atoms with Crippen LogP contribution in [0.3, 0.4) is 0 Å². The second-order valence-electron chi connectivity index (χ2n) is 6.58. The zero-order valence-corrected chi connectivity index (χ0v) is 18.6. The van der Waals surface area contributed by atoms with E-state index in [4.69, 9.17) is 4.74 Å². The fraction of sp³-hybridized carbons (Fsp3) is 0.650. The first-order valence-electron chi connectivity index (χ1n) is 9.69. The monoisotopic (exact) mass is 474 g/mol. The van der Waals surface area contributed by atoms with Gasteiger partial charge in [-0.05, 0) is 63.5 Å². The lowest BCUT2D eigenvalue weighted by Gasteiger charge is -2.20. The Labute approximate surface area is 176 Å². The van der Waals surface area contributed by atoms with Crippen LogP contribution in [0.5, 0.6) is 5.75 Å². The number of hydrogen-bond donors (Lipinski definition) is 2. The molecule has 1 saturated heterocycles. The van der Waals surface area contributed by atoms with Crippen molar-refractivity contribution in [1.82, 2.24) is 15.5 Å². The number of methoxy groups -OCH3 is 1. The van der Waals surface area contributed by atoms with Crippen LogP contribution < -0.4 is 15.4 Å². The zero-order chi connectivity index (χ0) is 17.7. The summed E-state index contributed by atoms with van der Waals surface area (Å²) in [5, 5.41) is 6.78. The van der Waals surface area contributed by atoms with E-state index in [1.807, 2.05) is 18.2 Å². The number of benzene rings is 1. The van der Waals surface area contributed by atoms with E-state index in [0.717, 1.165) is 36.8 Å². The SMILES string of the molecule is CCNC(=NCc1cccc(OC)c1)NCCCN1CCCCCC1.I. The molecule has 1 aromatic carbocycles. The fourth-order valence-electron chi connectivity index (χ4n) is 3.15. The number of nitrogens with one attached hydrogen (secondary N) is 2. The molecule has 0 atom stereocenters. The first-order chi connectivity index (χ1) is 12.3. The van der Waals surface area contributed by atoms with Crippen molar-refractivity contribution in [2.75, 3.05) is 39.8 Å². The van der Waals surface area contributed by atoms with Crippen LogP contribution in [0.15, 0.2) is 29.3 Å². The summed E-state index contributed by atoms with van der Waals surface area (Å²) in [7, 11) is 1.69. The molecule has 1 aromatic rings. The Balaban J connectivity index is 0.00000338. The molecule has 0 spiro atoms. The second-order valence-corrected chi connectivity index (χ2v) is 6.58. The molecule has 1 aliphatic rings. The molecule has 0 radical (unpaired) electrons. The lowest BCUT2D eigenvalue weighted by molar-refractivity contribution is 0.282. The standard InChI is InChI=1S/C20H34N4O.HI/c1-3-21-20(23-17-18-10-8-11-19(16-18)25-2)22-12-9-15-24-13-6-4-5-7-14-24;/h8,10-11,16H,3-7,9,12-15,17H2,1-2H3,(H2,21,22,23);1H. The van der Waals surface area contributed by atoms with Gasteiger partial charge in [0.05, 0.1) is 13.7 Å². The van der Waals surface area contributed by atoms with Gasteiger partial charge < -0.3 is 20.3 Å². The van der Waals surface area contributed by atoms with Crippen LogP contribution in [0.2, 0.25) is 0 Å². The van der Waals surface area contributed by atoms with Gasteiger partial charge in [-0.3, -0.25) is 0 Å². The Morgan fingerprint density at radius 3 is 2.62 bits per heavy atom. The first kappa shape index (κ1) is 23.0. The van der Waals surface area contributed by atoms with Crippen LogP contribution in [0.4, 0.5) is 0 Å². The lowest BCUT2D eigenvalue weighted by atomic mass is 10.2. The number of halogens is 1. The molecule has 148 valence electrons. The quantitative estimate of drug-likeness (QED) is 0.262. The number of hydrogen-bond acceptors (Lipinski definition) is 3. The number of nitrogens with zero attached hydrogens (tertiary/aromatic N) is 2. The largest absolute Gasteiger partial charge is 0.497 e. The number of rotatable bonds is 8. The lowest BCUT2D eigenvalue weighted by Crippen LogP contribution is -2.39. The van der Waals surface area contributed by atoms with Crippen molar-refractivity contribution in [1.29, 1.82) is 0 Å². The van der Waals surface area contributed by atoms with Gasteiger partial charge in [0.25, 0.3) is 0 Å². The van der Waals surface area contributed by atoms with Gasteiger partial charge in [-0.15, -0.1) is 24.0 Å². The second kappa shape index (κ2) is 14.1. The smallest absolute Gasteiger partial charge is 0.191 e. The Kier molecular flexibility index (Phi) is 12.5. The van der Waals surface area contributed by atoms with Crippen molar-refractivity contribution >= 4 is 29.9 Å². The van der Waals surface area contributed by atoms with E-state index < -0.39 is 0 Å². The normalized spacial score (nSPS) is 15.7. The van der Waals surface area contributed by atoms with Crippen LogP contribution in [-0.2, 0) is 6.54 Å². The van der Waals surface area contributed by atoms with Gasteiger partial charge >= 0.3 is 0 Å². The minimum atomic E-state index is 0. The molecule has 5 nitrogen and oxygen atoms in total. The fourth-order valence-corrected chi connectivity index (χ4v) is 3.15. The number of aliphatic imine (C=N–C) groups is 1. The molecule has 0 amide bonds.